The summed E-state index contributed by atoms with van der Waals surface area (Å²) in [6.07, 6.45) is 6.75. The molecule has 0 aromatic rings. The van der Waals surface area contributed by atoms with Crippen LogP contribution in [0.1, 0.15) is 39.0 Å². The average Bonchev–Trinajstić information content (AvgIpc) is 2.93. The Morgan fingerprint density at radius 1 is 1.17 bits per heavy atom. The summed E-state index contributed by atoms with van der Waals surface area (Å²) in [4.78, 5) is 0. The van der Waals surface area contributed by atoms with Crippen molar-refractivity contribution in [3.63, 3.8) is 0 Å². The van der Waals surface area contributed by atoms with Gasteiger partial charge in [-0.3, -0.25) is 0 Å². The average molecular weight is 257 g/mol. The number of nitrogens with one attached hydrogen (secondary N) is 1. The molecule has 0 aliphatic carbocycles. The maximum Gasteiger partial charge on any atom is 0.0808 e. The number of hydrogen-bond acceptors (Lipinski definition) is 4. The van der Waals surface area contributed by atoms with Crippen LogP contribution in [-0.2, 0) is 14.2 Å². The van der Waals surface area contributed by atoms with E-state index in [0.29, 0.717) is 18.2 Å². The third kappa shape index (κ3) is 4.84. The predicted molar refractivity (Wildman–Crippen MR) is 70.8 cm³/mol. The monoisotopic (exact) mass is 257 g/mol. The van der Waals surface area contributed by atoms with Crippen LogP contribution in [0.2, 0.25) is 0 Å². The highest BCUT2D eigenvalue weighted by Gasteiger charge is 2.21. The van der Waals surface area contributed by atoms with Crippen molar-refractivity contribution < 1.29 is 14.2 Å². The van der Waals surface area contributed by atoms with Crippen LogP contribution in [0, 0.1) is 0 Å². The second-order valence-electron chi connectivity index (χ2n) is 5.36. The Hall–Kier alpha value is -0.160. The molecular formula is C14H27NO3. The van der Waals surface area contributed by atoms with Crippen LogP contribution in [0.4, 0.5) is 0 Å². The van der Waals surface area contributed by atoms with Crippen LogP contribution in [0.25, 0.3) is 0 Å². The topological polar surface area (TPSA) is 39.7 Å². The largest absolute Gasteiger partial charge is 0.377 e. The van der Waals surface area contributed by atoms with E-state index in [1.54, 1.807) is 0 Å². The minimum atomic E-state index is 0.328. The molecule has 2 rings (SSSR count). The molecule has 18 heavy (non-hydrogen) atoms. The Morgan fingerprint density at radius 3 is 2.78 bits per heavy atom. The van der Waals surface area contributed by atoms with E-state index in [4.69, 9.17) is 14.2 Å². The van der Waals surface area contributed by atoms with Gasteiger partial charge in [-0.15, -0.1) is 0 Å². The zero-order chi connectivity index (χ0) is 12.6. The van der Waals surface area contributed by atoms with Crippen LogP contribution < -0.4 is 5.32 Å². The van der Waals surface area contributed by atoms with Gasteiger partial charge in [0.15, 0.2) is 0 Å². The minimum Gasteiger partial charge on any atom is -0.377 e. The molecule has 0 aromatic carbocycles. The van der Waals surface area contributed by atoms with Crippen LogP contribution >= 0.6 is 0 Å². The number of hydrogen-bond donors (Lipinski definition) is 1. The molecule has 0 radical (unpaired) electrons. The predicted octanol–water partition coefficient (Wildman–Crippen LogP) is 1.73. The van der Waals surface area contributed by atoms with Gasteiger partial charge in [-0.25, -0.2) is 0 Å². The summed E-state index contributed by atoms with van der Waals surface area (Å²) in [6.45, 7) is 6.43. The molecular weight excluding hydrogens is 230 g/mol. The van der Waals surface area contributed by atoms with E-state index in [9.17, 15) is 0 Å². The lowest BCUT2D eigenvalue weighted by atomic mass is 10.1. The van der Waals surface area contributed by atoms with Gasteiger partial charge in [0.25, 0.3) is 0 Å². The van der Waals surface area contributed by atoms with Crippen molar-refractivity contribution in [3.05, 3.63) is 0 Å². The van der Waals surface area contributed by atoms with Gasteiger partial charge in [0.2, 0.25) is 0 Å². The SMILES string of the molecule is CC(NCCOCC1CCCCO1)C1CCCO1. The minimum absolute atomic E-state index is 0.328. The molecule has 2 aliphatic heterocycles. The molecule has 4 heteroatoms. The number of ether oxygens (including phenoxy) is 3. The van der Waals surface area contributed by atoms with E-state index in [0.717, 1.165) is 39.4 Å². The van der Waals surface area contributed by atoms with Gasteiger partial charge in [0.05, 0.1) is 25.4 Å². The second-order valence-corrected chi connectivity index (χ2v) is 5.36. The summed E-state index contributed by atoms with van der Waals surface area (Å²) in [5.74, 6) is 0. The maximum atomic E-state index is 5.66. The van der Waals surface area contributed by atoms with Crippen molar-refractivity contribution in [1.29, 1.82) is 0 Å². The third-order valence-electron chi connectivity index (χ3n) is 3.81. The molecule has 1 N–H and O–H groups in total. The lowest BCUT2D eigenvalue weighted by molar-refractivity contribution is -0.0405. The fraction of sp³-hybridized carbons (Fsp3) is 1.00. The summed E-state index contributed by atoms with van der Waals surface area (Å²) >= 11 is 0. The normalized spacial score (nSPS) is 30.5. The van der Waals surface area contributed by atoms with E-state index in [-0.39, 0.29) is 0 Å². The Morgan fingerprint density at radius 2 is 2.06 bits per heavy atom. The first-order valence-corrected chi connectivity index (χ1v) is 7.40. The fourth-order valence-electron chi connectivity index (χ4n) is 2.64. The van der Waals surface area contributed by atoms with Crippen LogP contribution in [0.5, 0.6) is 0 Å². The zero-order valence-electron chi connectivity index (χ0n) is 11.5. The molecule has 2 heterocycles. The van der Waals surface area contributed by atoms with Crippen molar-refractivity contribution in [3.8, 4) is 0 Å². The Balaban J connectivity index is 1.45. The van der Waals surface area contributed by atoms with E-state index in [2.05, 4.69) is 12.2 Å². The molecule has 3 unspecified atom stereocenters. The Bertz CT molecular complexity index is 213. The van der Waals surface area contributed by atoms with E-state index >= 15 is 0 Å². The van der Waals surface area contributed by atoms with Crippen LogP contribution in [-0.4, -0.2) is 51.2 Å². The summed E-state index contributed by atoms with van der Waals surface area (Å²) in [5.41, 5.74) is 0. The smallest absolute Gasteiger partial charge is 0.0808 e. The van der Waals surface area contributed by atoms with E-state index < -0.39 is 0 Å². The van der Waals surface area contributed by atoms with Crippen LogP contribution in [0.15, 0.2) is 0 Å². The van der Waals surface area contributed by atoms with Gasteiger partial charge in [-0.2, -0.15) is 0 Å². The lowest BCUT2D eigenvalue weighted by Crippen LogP contribution is -2.39. The van der Waals surface area contributed by atoms with Gasteiger partial charge in [0, 0.05) is 25.8 Å². The third-order valence-corrected chi connectivity index (χ3v) is 3.81. The molecule has 0 bridgehead atoms. The molecule has 2 saturated heterocycles. The van der Waals surface area contributed by atoms with Crippen molar-refractivity contribution in [1.82, 2.24) is 5.32 Å². The Labute approximate surface area is 110 Å². The van der Waals surface area contributed by atoms with Crippen molar-refractivity contribution in [2.75, 3.05) is 33.0 Å². The van der Waals surface area contributed by atoms with E-state index in [1.807, 2.05) is 0 Å². The highest BCUT2D eigenvalue weighted by Crippen LogP contribution is 2.15. The Kier molecular flexibility index (Phi) is 6.41. The molecule has 2 fully saturated rings. The second kappa shape index (κ2) is 8.10. The van der Waals surface area contributed by atoms with Crippen LogP contribution in [0.3, 0.4) is 0 Å². The standard InChI is InChI=1S/C14H27NO3/c1-12(14-6-4-9-18-14)15-7-10-16-11-13-5-2-3-8-17-13/h12-15H,2-11H2,1H3. The first-order valence-electron chi connectivity index (χ1n) is 7.40. The number of rotatable bonds is 7. The quantitative estimate of drug-likeness (QED) is 0.705. The molecule has 0 aromatic heterocycles. The lowest BCUT2D eigenvalue weighted by Gasteiger charge is -2.23. The van der Waals surface area contributed by atoms with Crippen molar-refractivity contribution in [2.45, 2.75) is 57.3 Å². The summed E-state index contributed by atoms with van der Waals surface area (Å²) < 4.78 is 16.9. The zero-order valence-corrected chi connectivity index (χ0v) is 11.5. The van der Waals surface area contributed by atoms with E-state index in [1.165, 1.54) is 25.7 Å². The first kappa shape index (κ1) is 14.3. The first-order chi connectivity index (χ1) is 8.86. The van der Waals surface area contributed by atoms with Gasteiger partial charge in [-0.05, 0) is 39.0 Å². The molecule has 0 amide bonds. The van der Waals surface area contributed by atoms with Crippen molar-refractivity contribution >= 4 is 0 Å². The van der Waals surface area contributed by atoms with Gasteiger partial charge in [0.1, 0.15) is 0 Å². The summed E-state index contributed by atoms with van der Waals surface area (Å²) in [7, 11) is 0. The van der Waals surface area contributed by atoms with Gasteiger partial charge < -0.3 is 19.5 Å². The van der Waals surface area contributed by atoms with Crippen molar-refractivity contribution in [2.24, 2.45) is 0 Å². The highest BCUT2D eigenvalue weighted by atomic mass is 16.5. The maximum absolute atomic E-state index is 5.66. The highest BCUT2D eigenvalue weighted by molar-refractivity contribution is 4.76. The molecule has 106 valence electrons. The molecule has 3 atom stereocenters. The molecule has 4 nitrogen and oxygen atoms in total. The summed E-state index contributed by atoms with van der Waals surface area (Å²) in [6, 6.07) is 0.432. The molecule has 2 aliphatic rings. The van der Waals surface area contributed by atoms with Gasteiger partial charge >= 0.3 is 0 Å². The molecule has 0 spiro atoms. The van der Waals surface area contributed by atoms with Gasteiger partial charge in [-0.1, -0.05) is 0 Å². The fourth-order valence-corrected chi connectivity index (χ4v) is 2.64. The summed E-state index contributed by atoms with van der Waals surface area (Å²) in [5, 5.41) is 3.47. The molecule has 0 saturated carbocycles.